The van der Waals surface area contributed by atoms with E-state index in [1.807, 2.05) is 23.3 Å². The molecule has 3 rings (SSSR count). The zero-order valence-corrected chi connectivity index (χ0v) is 12.0. The number of hydrogen-bond acceptors (Lipinski definition) is 3. The van der Waals surface area contributed by atoms with Crippen LogP contribution in [0.25, 0.3) is 0 Å². The normalized spacial score (nSPS) is 28.9. The molecule has 102 valence electrons. The smallest absolute Gasteiger partial charge is 0.264 e. The maximum Gasteiger partial charge on any atom is 0.264 e. The van der Waals surface area contributed by atoms with E-state index in [1.54, 1.807) is 17.4 Å². The number of carbonyl (C=O) groups excluding carboxylic acids is 1. The van der Waals surface area contributed by atoms with Gasteiger partial charge in [-0.25, -0.2) is 0 Å². The Bertz CT molecular complexity index is 496. The molecule has 1 amide bonds. The summed E-state index contributed by atoms with van der Waals surface area (Å²) in [5.41, 5.74) is 1.08. The van der Waals surface area contributed by atoms with Gasteiger partial charge in [-0.2, -0.15) is 0 Å². The van der Waals surface area contributed by atoms with E-state index < -0.39 is 0 Å². The summed E-state index contributed by atoms with van der Waals surface area (Å²) < 4.78 is 5.86. The maximum absolute atomic E-state index is 12.6. The van der Waals surface area contributed by atoms with E-state index in [9.17, 15) is 4.79 Å². The molecule has 0 radical (unpaired) electrons. The molecule has 0 unspecified atom stereocenters. The summed E-state index contributed by atoms with van der Waals surface area (Å²) in [4.78, 5) is 15.5. The molecule has 1 aromatic rings. The second kappa shape index (κ2) is 5.10. The third-order valence-electron chi connectivity index (χ3n) is 4.23. The van der Waals surface area contributed by atoms with Gasteiger partial charge in [-0.15, -0.1) is 17.9 Å². The van der Waals surface area contributed by atoms with E-state index in [0.717, 1.165) is 23.4 Å². The molecular weight excluding hydrogens is 258 g/mol. The third kappa shape index (κ3) is 2.13. The van der Waals surface area contributed by atoms with Gasteiger partial charge < -0.3 is 9.64 Å². The van der Waals surface area contributed by atoms with Gasteiger partial charge in [0.1, 0.15) is 0 Å². The lowest BCUT2D eigenvalue weighted by atomic mass is 10.1. The van der Waals surface area contributed by atoms with Gasteiger partial charge in [-0.05, 0) is 36.8 Å². The zero-order valence-electron chi connectivity index (χ0n) is 11.2. The van der Waals surface area contributed by atoms with Crippen molar-refractivity contribution in [3.05, 3.63) is 34.5 Å². The van der Waals surface area contributed by atoms with Crippen molar-refractivity contribution in [3.63, 3.8) is 0 Å². The highest BCUT2D eigenvalue weighted by Gasteiger charge is 2.49. The average Bonchev–Trinajstić information content (AvgIpc) is 3.09. The summed E-state index contributed by atoms with van der Waals surface area (Å²) in [6, 6.07) is 2.27. The number of piperidine rings is 1. The Morgan fingerprint density at radius 3 is 3.16 bits per heavy atom. The number of fused-ring (bicyclic) bond motifs is 2. The van der Waals surface area contributed by atoms with Crippen LogP contribution in [0.1, 0.15) is 28.1 Å². The third-order valence-corrected chi connectivity index (χ3v) is 5.24. The summed E-state index contributed by atoms with van der Waals surface area (Å²) in [5, 5.41) is 1.99. The van der Waals surface area contributed by atoms with Gasteiger partial charge in [0, 0.05) is 12.5 Å². The fraction of sp³-hybridized carbons (Fsp3) is 0.533. The molecule has 0 N–H and O–H groups in total. The molecule has 0 aromatic carbocycles. The van der Waals surface area contributed by atoms with Crippen LogP contribution in [0.15, 0.2) is 24.1 Å². The molecule has 3 nitrogen and oxygen atoms in total. The quantitative estimate of drug-likeness (QED) is 0.792. The second-order valence-electron chi connectivity index (χ2n) is 5.38. The van der Waals surface area contributed by atoms with Gasteiger partial charge in [0.2, 0.25) is 0 Å². The van der Waals surface area contributed by atoms with Gasteiger partial charge in [0.05, 0.1) is 23.6 Å². The lowest BCUT2D eigenvalue weighted by Gasteiger charge is -2.27. The van der Waals surface area contributed by atoms with Crippen molar-refractivity contribution in [1.82, 2.24) is 4.90 Å². The highest BCUT2D eigenvalue weighted by atomic mass is 32.1. The van der Waals surface area contributed by atoms with Crippen LogP contribution in [0.3, 0.4) is 0 Å². The van der Waals surface area contributed by atoms with Crippen LogP contribution in [0.4, 0.5) is 0 Å². The molecule has 1 saturated carbocycles. The van der Waals surface area contributed by atoms with Crippen LogP contribution >= 0.6 is 11.3 Å². The predicted molar refractivity (Wildman–Crippen MR) is 76.5 cm³/mol. The highest BCUT2D eigenvalue weighted by Crippen LogP contribution is 2.41. The topological polar surface area (TPSA) is 29.5 Å². The van der Waals surface area contributed by atoms with Crippen LogP contribution in [0.2, 0.25) is 0 Å². The molecule has 1 aromatic heterocycles. The first kappa shape index (κ1) is 12.9. The van der Waals surface area contributed by atoms with Crippen molar-refractivity contribution in [2.24, 2.45) is 5.92 Å². The largest absolute Gasteiger partial charge is 0.372 e. The Balaban J connectivity index is 1.75. The Hall–Kier alpha value is -1.13. The van der Waals surface area contributed by atoms with Crippen molar-refractivity contribution < 1.29 is 9.53 Å². The van der Waals surface area contributed by atoms with Crippen LogP contribution in [-0.4, -0.2) is 36.1 Å². The molecular formula is C15H19NO2S. The van der Waals surface area contributed by atoms with Crippen molar-refractivity contribution in [1.29, 1.82) is 0 Å². The molecule has 2 heterocycles. The fourth-order valence-corrected chi connectivity index (χ4v) is 4.21. The molecule has 1 aliphatic heterocycles. The van der Waals surface area contributed by atoms with Gasteiger partial charge in [0.15, 0.2) is 0 Å². The minimum atomic E-state index is 0.187. The lowest BCUT2D eigenvalue weighted by molar-refractivity contribution is 0.0410. The molecule has 2 bridgehead atoms. The zero-order chi connectivity index (χ0) is 13.4. The van der Waals surface area contributed by atoms with Gasteiger partial charge >= 0.3 is 0 Å². The molecule has 2 aliphatic rings. The number of likely N-dealkylation sites (tertiary alicyclic amines) is 1. The molecule has 3 atom stereocenters. The van der Waals surface area contributed by atoms with Gasteiger partial charge in [-0.3, -0.25) is 4.79 Å². The number of nitrogens with zero attached hydrogens (tertiary/aromatic N) is 1. The minimum absolute atomic E-state index is 0.187. The van der Waals surface area contributed by atoms with E-state index in [1.165, 1.54) is 6.42 Å². The number of aryl methyl sites for hydroxylation is 1. The van der Waals surface area contributed by atoms with Crippen molar-refractivity contribution in [3.8, 4) is 0 Å². The number of hydrogen-bond donors (Lipinski definition) is 0. The number of carbonyl (C=O) groups is 1. The van der Waals surface area contributed by atoms with Crippen molar-refractivity contribution in [2.45, 2.75) is 31.9 Å². The number of rotatable bonds is 4. The Kier molecular flexibility index (Phi) is 3.46. The number of thiophene rings is 1. The van der Waals surface area contributed by atoms with Crippen molar-refractivity contribution >= 4 is 17.2 Å². The molecule has 2 fully saturated rings. The van der Waals surface area contributed by atoms with Crippen molar-refractivity contribution in [2.75, 3.05) is 13.2 Å². The number of ether oxygens (including phenoxy) is 1. The first-order valence-corrected chi connectivity index (χ1v) is 7.68. The van der Waals surface area contributed by atoms with Crippen LogP contribution in [0, 0.1) is 12.8 Å². The SMILES string of the molecule is C=CCO[C@H]1[C@H]2CC[C@H]1N(C(=O)c1sccc1C)C2. The van der Waals surface area contributed by atoms with Crippen LogP contribution < -0.4 is 0 Å². The fourth-order valence-electron chi connectivity index (χ4n) is 3.33. The van der Waals surface area contributed by atoms with E-state index in [2.05, 4.69) is 6.58 Å². The summed E-state index contributed by atoms with van der Waals surface area (Å²) in [7, 11) is 0. The number of amides is 1. The second-order valence-corrected chi connectivity index (χ2v) is 6.30. The Morgan fingerprint density at radius 2 is 2.47 bits per heavy atom. The van der Waals surface area contributed by atoms with Gasteiger partial charge in [0.25, 0.3) is 5.91 Å². The van der Waals surface area contributed by atoms with E-state index >= 15 is 0 Å². The van der Waals surface area contributed by atoms with Crippen LogP contribution in [0.5, 0.6) is 0 Å². The van der Waals surface area contributed by atoms with E-state index in [4.69, 9.17) is 4.74 Å². The molecule has 4 heteroatoms. The highest BCUT2D eigenvalue weighted by molar-refractivity contribution is 7.12. The first-order chi connectivity index (χ1) is 9.22. The molecule has 0 spiro atoms. The molecule has 19 heavy (non-hydrogen) atoms. The predicted octanol–water partition coefficient (Wildman–Crippen LogP) is 2.86. The van der Waals surface area contributed by atoms with Gasteiger partial charge in [-0.1, -0.05) is 6.08 Å². The Morgan fingerprint density at radius 1 is 1.63 bits per heavy atom. The summed E-state index contributed by atoms with van der Waals surface area (Å²) >= 11 is 1.54. The average molecular weight is 277 g/mol. The standard InChI is InChI=1S/C15H19NO2S/c1-3-7-18-13-11-4-5-12(13)16(9-11)15(17)14-10(2)6-8-19-14/h3,6,8,11-13H,1,4-5,7,9H2,2H3/t11-,12+,13-/m0/s1. The molecule has 1 saturated heterocycles. The lowest BCUT2D eigenvalue weighted by Crippen LogP contribution is -2.39. The summed E-state index contributed by atoms with van der Waals surface area (Å²) in [6.45, 7) is 7.13. The van der Waals surface area contributed by atoms with E-state index in [0.29, 0.717) is 12.5 Å². The summed E-state index contributed by atoms with van der Waals surface area (Å²) in [5.74, 6) is 0.695. The summed E-state index contributed by atoms with van der Waals surface area (Å²) in [6.07, 6.45) is 4.25. The Labute approximate surface area is 117 Å². The maximum atomic E-state index is 12.6. The van der Waals surface area contributed by atoms with E-state index in [-0.39, 0.29) is 18.1 Å². The monoisotopic (exact) mass is 277 g/mol. The molecule has 1 aliphatic carbocycles. The van der Waals surface area contributed by atoms with Crippen LogP contribution in [-0.2, 0) is 4.74 Å². The first-order valence-electron chi connectivity index (χ1n) is 6.80. The minimum Gasteiger partial charge on any atom is -0.372 e.